The molecule has 0 saturated heterocycles. The number of nitrogens with one attached hydrogen (secondary N) is 1. The van der Waals surface area contributed by atoms with E-state index in [-0.39, 0.29) is 6.04 Å². The molecule has 0 radical (unpaired) electrons. The highest BCUT2D eigenvalue weighted by Crippen LogP contribution is 2.27. The van der Waals surface area contributed by atoms with Crippen LogP contribution in [0.2, 0.25) is 0 Å². The molecule has 0 aliphatic heterocycles. The first-order valence-electron chi connectivity index (χ1n) is 7.50. The Balaban J connectivity index is 2.01. The van der Waals surface area contributed by atoms with E-state index < -0.39 is 0 Å². The molecule has 0 bridgehead atoms. The Bertz CT molecular complexity index is 809. The number of aromatic nitrogens is 3. The van der Waals surface area contributed by atoms with E-state index in [1.54, 1.807) is 18.5 Å². The van der Waals surface area contributed by atoms with E-state index in [1.165, 1.54) is 0 Å². The Morgan fingerprint density at radius 1 is 1.17 bits per heavy atom. The van der Waals surface area contributed by atoms with Gasteiger partial charge in [0, 0.05) is 29.4 Å². The molecule has 0 amide bonds. The maximum atomic E-state index is 11.2. The van der Waals surface area contributed by atoms with Gasteiger partial charge in [0.25, 0.3) is 0 Å². The van der Waals surface area contributed by atoms with Crippen LogP contribution in [-0.2, 0) is 0 Å². The summed E-state index contributed by atoms with van der Waals surface area (Å²) < 4.78 is 1.91. The summed E-state index contributed by atoms with van der Waals surface area (Å²) in [5.74, 6) is 0.829. The minimum Gasteiger partial charge on any atom is -0.339 e. The molecule has 23 heavy (non-hydrogen) atoms. The minimum absolute atomic E-state index is 0.186. The molecule has 5 nitrogen and oxygen atoms in total. The van der Waals surface area contributed by atoms with Gasteiger partial charge in [0.1, 0.15) is 5.82 Å². The SMILES string of the molecule is CC(C)n1nc(-c2ccccc2)cc1Nc1cnccc1C=O. The Morgan fingerprint density at radius 2 is 1.96 bits per heavy atom. The number of aldehydes is 1. The fourth-order valence-electron chi connectivity index (χ4n) is 2.38. The van der Waals surface area contributed by atoms with Gasteiger partial charge < -0.3 is 5.32 Å². The fraction of sp³-hybridized carbons (Fsp3) is 0.167. The number of hydrogen-bond acceptors (Lipinski definition) is 4. The van der Waals surface area contributed by atoms with Crippen LogP contribution in [0.4, 0.5) is 11.5 Å². The molecule has 0 fully saturated rings. The summed E-state index contributed by atoms with van der Waals surface area (Å²) in [6.45, 7) is 4.13. The number of hydrogen-bond donors (Lipinski definition) is 1. The molecule has 0 atom stereocenters. The summed E-state index contributed by atoms with van der Waals surface area (Å²) in [5.41, 5.74) is 3.18. The Hall–Kier alpha value is -2.95. The molecule has 1 aromatic carbocycles. The second-order valence-electron chi connectivity index (χ2n) is 5.52. The number of nitrogens with zero attached hydrogens (tertiary/aromatic N) is 3. The van der Waals surface area contributed by atoms with Crippen LogP contribution in [0.5, 0.6) is 0 Å². The Kier molecular flexibility index (Phi) is 4.19. The maximum Gasteiger partial charge on any atom is 0.152 e. The van der Waals surface area contributed by atoms with Crippen molar-refractivity contribution >= 4 is 17.8 Å². The first-order chi connectivity index (χ1) is 11.2. The maximum absolute atomic E-state index is 11.2. The predicted molar refractivity (Wildman–Crippen MR) is 91.0 cm³/mol. The highest BCUT2D eigenvalue weighted by Gasteiger charge is 2.13. The van der Waals surface area contributed by atoms with E-state index >= 15 is 0 Å². The third-order valence-corrected chi connectivity index (χ3v) is 3.54. The van der Waals surface area contributed by atoms with Crippen LogP contribution in [0.15, 0.2) is 54.9 Å². The van der Waals surface area contributed by atoms with Crippen LogP contribution >= 0.6 is 0 Å². The fourth-order valence-corrected chi connectivity index (χ4v) is 2.38. The van der Waals surface area contributed by atoms with Gasteiger partial charge in [-0.2, -0.15) is 5.10 Å². The second-order valence-corrected chi connectivity index (χ2v) is 5.52. The van der Waals surface area contributed by atoms with Crippen LogP contribution in [0, 0.1) is 0 Å². The zero-order chi connectivity index (χ0) is 16.2. The van der Waals surface area contributed by atoms with Crippen molar-refractivity contribution in [2.24, 2.45) is 0 Å². The normalized spacial score (nSPS) is 10.7. The van der Waals surface area contributed by atoms with E-state index in [0.29, 0.717) is 11.3 Å². The van der Waals surface area contributed by atoms with E-state index in [9.17, 15) is 4.79 Å². The molecular formula is C18H18N4O. The van der Waals surface area contributed by atoms with Gasteiger partial charge in [0.15, 0.2) is 6.29 Å². The zero-order valence-corrected chi connectivity index (χ0v) is 13.1. The highest BCUT2D eigenvalue weighted by molar-refractivity contribution is 5.85. The van der Waals surface area contributed by atoms with Crippen LogP contribution in [0.1, 0.15) is 30.2 Å². The lowest BCUT2D eigenvalue weighted by Gasteiger charge is -2.13. The van der Waals surface area contributed by atoms with Gasteiger partial charge in [-0.1, -0.05) is 30.3 Å². The van der Waals surface area contributed by atoms with Crippen LogP contribution in [-0.4, -0.2) is 21.1 Å². The van der Waals surface area contributed by atoms with Crippen LogP contribution in [0.25, 0.3) is 11.3 Å². The number of carbonyl (C=O) groups is 1. The van der Waals surface area contributed by atoms with Crippen molar-refractivity contribution in [3.63, 3.8) is 0 Å². The molecule has 2 aromatic heterocycles. The van der Waals surface area contributed by atoms with E-state index in [4.69, 9.17) is 0 Å². The van der Waals surface area contributed by atoms with Crippen molar-refractivity contribution in [2.45, 2.75) is 19.9 Å². The monoisotopic (exact) mass is 306 g/mol. The van der Waals surface area contributed by atoms with E-state index in [0.717, 1.165) is 23.4 Å². The van der Waals surface area contributed by atoms with Gasteiger partial charge >= 0.3 is 0 Å². The average molecular weight is 306 g/mol. The minimum atomic E-state index is 0.186. The van der Waals surface area contributed by atoms with Crippen LogP contribution < -0.4 is 5.32 Å². The molecule has 3 rings (SSSR count). The van der Waals surface area contributed by atoms with E-state index in [2.05, 4.69) is 29.2 Å². The quantitative estimate of drug-likeness (QED) is 0.721. The van der Waals surface area contributed by atoms with Crippen molar-refractivity contribution in [2.75, 3.05) is 5.32 Å². The smallest absolute Gasteiger partial charge is 0.152 e. The average Bonchev–Trinajstić information content (AvgIpc) is 3.00. The van der Waals surface area contributed by atoms with Crippen LogP contribution in [0.3, 0.4) is 0 Å². The molecule has 2 heterocycles. The molecule has 1 N–H and O–H groups in total. The number of anilines is 2. The number of benzene rings is 1. The Labute approximate surface area is 135 Å². The molecule has 116 valence electrons. The molecule has 0 aliphatic carbocycles. The predicted octanol–water partition coefficient (Wildman–Crippen LogP) is 4.08. The molecule has 0 spiro atoms. The lowest BCUT2D eigenvalue weighted by molar-refractivity contribution is 0.112. The first kappa shape index (κ1) is 15.0. The van der Waals surface area contributed by atoms with Gasteiger partial charge in [-0.25, -0.2) is 4.68 Å². The molecule has 0 saturated carbocycles. The van der Waals surface area contributed by atoms with Crippen molar-refractivity contribution in [1.82, 2.24) is 14.8 Å². The number of rotatable bonds is 5. The lowest BCUT2D eigenvalue weighted by atomic mass is 10.1. The Morgan fingerprint density at radius 3 is 2.65 bits per heavy atom. The zero-order valence-electron chi connectivity index (χ0n) is 13.1. The van der Waals surface area contributed by atoms with Gasteiger partial charge in [0.05, 0.1) is 17.6 Å². The van der Waals surface area contributed by atoms with Gasteiger partial charge in [-0.05, 0) is 19.9 Å². The summed E-state index contributed by atoms with van der Waals surface area (Å²) >= 11 is 0. The second kappa shape index (κ2) is 6.44. The first-order valence-corrected chi connectivity index (χ1v) is 7.50. The third kappa shape index (κ3) is 3.13. The van der Waals surface area contributed by atoms with E-state index in [1.807, 2.05) is 41.1 Å². The molecule has 0 aliphatic rings. The van der Waals surface area contributed by atoms with Crippen molar-refractivity contribution in [1.29, 1.82) is 0 Å². The number of pyridine rings is 1. The largest absolute Gasteiger partial charge is 0.339 e. The van der Waals surface area contributed by atoms with Crippen molar-refractivity contribution < 1.29 is 4.79 Å². The molecular weight excluding hydrogens is 288 g/mol. The summed E-state index contributed by atoms with van der Waals surface area (Å²) in [4.78, 5) is 15.3. The van der Waals surface area contributed by atoms with Gasteiger partial charge in [-0.15, -0.1) is 0 Å². The molecule has 5 heteroatoms. The lowest BCUT2D eigenvalue weighted by Crippen LogP contribution is -2.08. The summed E-state index contributed by atoms with van der Waals surface area (Å²) in [6.07, 6.45) is 4.06. The summed E-state index contributed by atoms with van der Waals surface area (Å²) in [6, 6.07) is 13.9. The highest BCUT2D eigenvalue weighted by atomic mass is 16.1. The van der Waals surface area contributed by atoms with Crippen molar-refractivity contribution in [3.05, 3.63) is 60.4 Å². The van der Waals surface area contributed by atoms with Gasteiger partial charge in [-0.3, -0.25) is 9.78 Å². The van der Waals surface area contributed by atoms with Gasteiger partial charge in [0.2, 0.25) is 0 Å². The van der Waals surface area contributed by atoms with Crippen molar-refractivity contribution in [3.8, 4) is 11.3 Å². The topological polar surface area (TPSA) is 59.8 Å². The third-order valence-electron chi connectivity index (χ3n) is 3.54. The summed E-state index contributed by atoms with van der Waals surface area (Å²) in [5, 5.41) is 7.95. The molecule has 0 unspecified atom stereocenters. The summed E-state index contributed by atoms with van der Waals surface area (Å²) in [7, 11) is 0. The standard InChI is InChI=1S/C18H18N4O/c1-13(2)22-18(20-17-11-19-9-8-15(17)12-23)10-16(21-22)14-6-4-3-5-7-14/h3-13,20H,1-2H3. The number of carbonyl (C=O) groups excluding carboxylic acids is 1. The molecule has 3 aromatic rings.